The van der Waals surface area contributed by atoms with Crippen LogP contribution >= 0.6 is 0 Å². The molecular formula is C4H7NaO4. The number of carbonyl (C=O) groups is 2. The molecule has 4 nitrogen and oxygen atoms in total. The summed E-state index contributed by atoms with van der Waals surface area (Å²) in [6.45, 7) is 0.340. The Balaban J connectivity index is -0.000000245. The maximum Gasteiger partial charge on any atom is 1.00 e. The molecule has 0 rings (SSSR count). The van der Waals surface area contributed by atoms with Gasteiger partial charge in [-0.3, -0.25) is 4.79 Å². The van der Waals surface area contributed by atoms with E-state index in [2.05, 4.69) is 4.74 Å². The molecule has 0 radical (unpaired) electrons. The zero-order valence-electron chi connectivity index (χ0n) is 6.38. The van der Waals surface area contributed by atoms with E-state index >= 15 is 0 Å². The molecule has 5 heteroatoms. The van der Waals surface area contributed by atoms with Gasteiger partial charge >= 0.3 is 41.5 Å². The number of hydrogen-bond acceptors (Lipinski definition) is 4. The quantitative estimate of drug-likeness (QED) is 0.231. The number of aliphatic hydroxyl groups excluding tert-OH is 1. The molecule has 0 aromatic heterocycles. The van der Waals surface area contributed by atoms with Crippen molar-refractivity contribution < 1.29 is 50.4 Å². The first-order valence-corrected chi connectivity index (χ1v) is 1.99. The van der Waals surface area contributed by atoms with Crippen molar-refractivity contribution in [2.24, 2.45) is 0 Å². The van der Waals surface area contributed by atoms with Crippen LogP contribution in [0.3, 0.4) is 0 Å². The first-order valence-electron chi connectivity index (χ1n) is 1.99. The van der Waals surface area contributed by atoms with Gasteiger partial charge in [0, 0.05) is 6.92 Å². The minimum atomic E-state index is -0.919. The fraction of sp³-hybridized carbons (Fsp3) is 0.500. The number of carbonyl (C=O) groups excluding carboxylic acids is 2. The predicted octanol–water partition coefficient (Wildman–Crippen LogP) is -3.82. The number of ether oxygens (including phenoxy) is 1. The van der Waals surface area contributed by atoms with Crippen LogP contribution in [0.2, 0.25) is 0 Å². The van der Waals surface area contributed by atoms with Crippen molar-refractivity contribution >= 4 is 11.9 Å². The molecule has 0 aromatic carbocycles. The monoisotopic (exact) mass is 142 g/mol. The molecule has 0 spiro atoms. The Labute approximate surface area is 76.0 Å². The average molecular weight is 142 g/mol. The summed E-state index contributed by atoms with van der Waals surface area (Å²) in [6, 6.07) is 0. The van der Waals surface area contributed by atoms with Crippen molar-refractivity contribution in [3.05, 3.63) is 0 Å². The van der Waals surface area contributed by atoms with E-state index < -0.39 is 18.5 Å². The van der Waals surface area contributed by atoms with E-state index in [9.17, 15) is 9.59 Å². The van der Waals surface area contributed by atoms with Crippen LogP contribution < -0.4 is 29.6 Å². The molecule has 0 saturated heterocycles. The summed E-state index contributed by atoms with van der Waals surface area (Å²) in [4.78, 5) is 19.8. The van der Waals surface area contributed by atoms with E-state index in [1.807, 2.05) is 0 Å². The molecule has 0 amide bonds. The molecular weight excluding hydrogens is 135 g/mol. The molecule has 0 atom stereocenters. The molecule has 9 heavy (non-hydrogen) atoms. The topological polar surface area (TPSA) is 63.6 Å². The summed E-state index contributed by atoms with van der Waals surface area (Å²) in [5, 5.41) is 7.96. The predicted molar refractivity (Wildman–Crippen MR) is 25.0 cm³/mol. The number of aliphatic hydroxyl groups is 1. The Hall–Kier alpha value is 0.1000. The molecule has 0 fully saturated rings. The van der Waals surface area contributed by atoms with E-state index in [1.165, 1.54) is 0 Å². The number of rotatable bonds is 1. The normalized spacial score (nSPS) is 7.33. The Kier molecular flexibility index (Phi) is 8.19. The second-order valence-electron chi connectivity index (χ2n) is 1.12. The Morgan fingerprint density at radius 1 is 1.67 bits per heavy atom. The third kappa shape index (κ3) is 8.10. The van der Waals surface area contributed by atoms with Gasteiger partial charge in [-0.25, -0.2) is 4.79 Å². The van der Waals surface area contributed by atoms with Crippen molar-refractivity contribution in [3.8, 4) is 0 Å². The molecule has 0 aliphatic heterocycles. The van der Waals surface area contributed by atoms with Gasteiger partial charge < -0.3 is 11.3 Å². The van der Waals surface area contributed by atoms with Gasteiger partial charge in [0.05, 0.1) is 0 Å². The van der Waals surface area contributed by atoms with Crippen LogP contribution in [-0.2, 0) is 14.3 Å². The Morgan fingerprint density at radius 3 is 2.22 bits per heavy atom. The van der Waals surface area contributed by atoms with E-state index in [0.717, 1.165) is 6.92 Å². The maximum atomic E-state index is 9.93. The van der Waals surface area contributed by atoms with Crippen LogP contribution in [0.4, 0.5) is 0 Å². The van der Waals surface area contributed by atoms with Gasteiger partial charge in [0.15, 0.2) is 0 Å². The zero-order valence-corrected chi connectivity index (χ0v) is 7.38. The molecule has 1 N–H and O–H groups in total. The van der Waals surface area contributed by atoms with Crippen LogP contribution in [0, 0.1) is 0 Å². The van der Waals surface area contributed by atoms with Crippen LogP contribution in [0.15, 0.2) is 0 Å². The molecule has 0 aliphatic carbocycles. The minimum Gasteiger partial charge on any atom is -1.00 e. The van der Waals surface area contributed by atoms with Gasteiger partial charge in [-0.1, -0.05) is 0 Å². The third-order valence-corrected chi connectivity index (χ3v) is 0.387. The van der Waals surface area contributed by atoms with Crippen molar-refractivity contribution in [3.63, 3.8) is 0 Å². The van der Waals surface area contributed by atoms with Crippen LogP contribution in [0.25, 0.3) is 0 Å². The summed E-state index contributed by atoms with van der Waals surface area (Å²) >= 11 is 0. The van der Waals surface area contributed by atoms with Gasteiger partial charge in [-0.2, -0.15) is 0 Å². The summed E-state index contributed by atoms with van der Waals surface area (Å²) < 4.78 is 3.87. The molecule has 0 heterocycles. The fourth-order valence-corrected chi connectivity index (χ4v) is 0.193. The van der Waals surface area contributed by atoms with Gasteiger partial charge in [0.1, 0.15) is 6.61 Å². The molecule has 48 valence electrons. The molecule has 0 bridgehead atoms. The van der Waals surface area contributed by atoms with Crippen LogP contribution in [-0.4, -0.2) is 23.7 Å². The van der Waals surface area contributed by atoms with E-state index in [1.54, 1.807) is 0 Å². The maximum absolute atomic E-state index is 9.93. The molecule has 0 aliphatic rings. The SMILES string of the molecule is CC(=O)OC(=O)CO.[H-].[Na+]. The van der Waals surface area contributed by atoms with Crippen molar-refractivity contribution in [1.29, 1.82) is 0 Å². The summed E-state index contributed by atoms with van der Waals surface area (Å²) in [7, 11) is 0. The van der Waals surface area contributed by atoms with Crippen LogP contribution in [0.5, 0.6) is 0 Å². The van der Waals surface area contributed by atoms with E-state index in [4.69, 9.17) is 5.11 Å². The van der Waals surface area contributed by atoms with Gasteiger partial charge in [-0.05, 0) is 0 Å². The van der Waals surface area contributed by atoms with Crippen molar-refractivity contribution in [1.82, 2.24) is 0 Å². The van der Waals surface area contributed by atoms with Crippen molar-refractivity contribution in [2.45, 2.75) is 6.92 Å². The van der Waals surface area contributed by atoms with E-state index in [-0.39, 0.29) is 31.0 Å². The third-order valence-electron chi connectivity index (χ3n) is 0.387. The number of hydrogen-bond donors (Lipinski definition) is 1. The molecule has 0 saturated carbocycles. The molecule has 0 aromatic rings. The molecule has 0 unspecified atom stereocenters. The zero-order chi connectivity index (χ0) is 6.57. The average Bonchev–Trinajstić information content (AvgIpc) is 1.65. The summed E-state index contributed by atoms with van der Waals surface area (Å²) in [5.41, 5.74) is 0. The summed E-state index contributed by atoms with van der Waals surface area (Å²) in [6.07, 6.45) is 0. The number of esters is 2. The van der Waals surface area contributed by atoms with Gasteiger partial charge in [0.2, 0.25) is 0 Å². The first-order chi connectivity index (χ1) is 3.66. The minimum absolute atomic E-state index is 0. The first kappa shape index (κ1) is 11.8. The van der Waals surface area contributed by atoms with E-state index in [0.29, 0.717) is 0 Å². The van der Waals surface area contributed by atoms with Crippen LogP contribution in [0.1, 0.15) is 8.35 Å². The second-order valence-corrected chi connectivity index (χ2v) is 1.12. The van der Waals surface area contributed by atoms with Crippen molar-refractivity contribution in [2.75, 3.05) is 6.61 Å². The second kappa shape index (κ2) is 6.22. The van der Waals surface area contributed by atoms with Gasteiger partial charge in [-0.15, -0.1) is 0 Å². The standard InChI is InChI=1S/C4H6O4.Na.H/c1-3(6)8-4(7)2-5;;/h5H,2H2,1H3;;/q;+1;-1. The largest absolute Gasteiger partial charge is 1.00 e. The van der Waals surface area contributed by atoms with Gasteiger partial charge in [0.25, 0.3) is 0 Å². The Bertz CT molecular complexity index is 116. The Morgan fingerprint density at radius 2 is 2.11 bits per heavy atom. The summed E-state index contributed by atoms with van der Waals surface area (Å²) in [5.74, 6) is -1.62. The fourth-order valence-electron chi connectivity index (χ4n) is 0.193. The smallest absolute Gasteiger partial charge is 1.00 e.